The first-order valence-corrected chi connectivity index (χ1v) is 7.62. The van der Waals surface area contributed by atoms with E-state index in [1.807, 2.05) is 22.8 Å². The fourth-order valence-electron chi connectivity index (χ4n) is 3.26. The maximum absolute atomic E-state index is 12.4. The Balaban J connectivity index is 2.00. The van der Waals surface area contributed by atoms with Crippen LogP contribution in [0.1, 0.15) is 32.7 Å². The van der Waals surface area contributed by atoms with Gasteiger partial charge >= 0.3 is 5.69 Å². The number of imidazole rings is 1. The van der Waals surface area contributed by atoms with Gasteiger partial charge in [0.05, 0.1) is 24.2 Å². The molecule has 1 N–H and O–H groups in total. The summed E-state index contributed by atoms with van der Waals surface area (Å²) in [5, 5.41) is 0. The second-order valence-electron chi connectivity index (χ2n) is 6.07. The second kappa shape index (κ2) is 5.56. The van der Waals surface area contributed by atoms with E-state index >= 15 is 0 Å². The highest BCUT2D eigenvalue weighted by Gasteiger charge is 2.25. The number of nitrogens with one attached hydrogen (secondary N) is 1. The highest BCUT2D eigenvalue weighted by Crippen LogP contribution is 2.26. The van der Waals surface area contributed by atoms with Gasteiger partial charge in [-0.2, -0.15) is 0 Å². The van der Waals surface area contributed by atoms with Gasteiger partial charge in [-0.25, -0.2) is 4.79 Å². The van der Waals surface area contributed by atoms with E-state index in [0.29, 0.717) is 6.04 Å². The van der Waals surface area contributed by atoms with E-state index in [4.69, 9.17) is 4.74 Å². The first kappa shape index (κ1) is 14.2. The third-order valence-electron chi connectivity index (χ3n) is 4.45. The molecule has 5 heteroatoms. The van der Waals surface area contributed by atoms with Crippen LogP contribution in [-0.2, 0) is 0 Å². The molecule has 1 fully saturated rings. The van der Waals surface area contributed by atoms with Crippen molar-refractivity contribution in [2.75, 3.05) is 20.2 Å². The predicted molar refractivity (Wildman–Crippen MR) is 84.1 cm³/mol. The average molecular weight is 289 g/mol. The number of aromatic nitrogens is 2. The Hall–Kier alpha value is -1.75. The van der Waals surface area contributed by atoms with E-state index in [1.165, 1.54) is 0 Å². The summed E-state index contributed by atoms with van der Waals surface area (Å²) in [5.41, 5.74) is 1.80. The lowest BCUT2D eigenvalue weighted by Gasteiger charge is -2.35. The van der Waals surface area contributed by atoms with Crippen molar-refractivity contribution in [2.24, 2.45) is 0 Å². The predicted octanol–water partition coefficient (Wildman–Crippen LogP) is 2.38. The molecule has 1 unspecified atom stereocenters. The van der Waals surface area contributed by atoms with E-state index in [2.05, 4.69) is 23.7 Å². The summed E-state index contributed by atoms with van der Waals surface area (Å²) in [6.07, 6.45) is 2.19. The smallest absolute Gasteiger partial charge is 0.326 e. The topological polar surface area (TPSA) is 50.3 Å². The SMILES string of the molecule is COc1ccc2c(c1)[nH]c(=O)n2C1CCCN(C(C)C)C1. The highest BCUT2D eigenvalue weighted by molar-refractivity contribution is 5.77. The quantitative estimate of drug-likeness (QED) is 0.944. The molecule has 0 bridgehead atoms. The molecule has 5 nitrogen and oxygen atoms in total. The van der Waals surface area contributed by atoms with Crippen molar-refractivity contribution in [2.45, 2.75) is 38.8 Å². The molecule has 2 heterocycles. The van der Waals surface area contributed by atoms with E-state index < -0.39 is 0 Å². The lowest BCUT2D eigenvalue weighted by molar-refractivity contribution is 0.143. The third-order valence-corrected chi connectivity index (χ3v) is 4.45. The van der Waals surface area contributed by atoms with E-state index in [-0.39, 0.29) is 11.7 Å². The molecule has 1 aliphatic heterocycles. The second-order valence-corrected chi connectivity index (χ2v) is 6.07. The summed E-state index contributed by atoms with van der Waals surface area (Å²) >= 11 is 0. The number of benzene rings is 1. The number of methoxy groups -OCH3 is 1. The Morgan fingerprint density at radius 3 is 2.90 bits per heavy atom. The molecule has 21 heavy (non-hydrogen) atoms. The lowest BCUT2D eigenvalue weighted by Crippen LogP contribution is -2.42. The molecule has 1 atom stereocenters. The van der Waals surface area contributed by atoms with Gasteiger partial charge in [-0.05, 0) is 45.4 Å². The molecule has 1 aromatic carbocycles. The van der Waals surface area contributed by atoms with E-state index in [1.54, 1.807) is 7.11 Å². The maximum Gasteiger partial charge on any atom is 0.326 e. The molecule has 0 spiro atoms. The molecule has 0 amide bonds. The minimum absolute atomic E-state index is 0.0196. The fraction of sp³-hybridized carbons (Fsp3) is 0.562. The molecule has 1 aliphatic rings. The van der Waals surface area contributed by atoms with Crippen LogP contribution in [0.25, 0.3) is 11.0 Å². The number of fused-ring (bicyclic) bond motifs is 1. The molecular formula is C16H23N3O2. The van der Waals surface area contributed by atoms with E-state index in [0.717, 1.165) is 42.7 Å². The Morgan fingerprint density at radius 1 is 1.38 bits per heavy atom. The van der Waals surface area contributed by atoms with Gasteiger partial charge < -0.3 is 9.72 Å². The molecular weight excluding hydrogens is 266 g/mol. The van der Waals surface area contributed by atoms with Crippen LogP contribution in [0.3, 0.4) is 0 Å². The largest absolute Gasteiger partial charge is 0.497 e. The first-order valence-electron chi connectivity index (χ1n) is 7.62. The van der Waals surface area contributed by atoms with Gasteiger partial charge in [0.15, 0.2) is 0 Å². The first-order chi connectivity index (χ1) is 10.1. The zero-order chi connectivity index (χ0) is 15.0. The minimum Gasteiger partial charge on any atom is -0.497 e. The van der Waals surface area contributed by atoms with Crippen LogP contribution >= 0.6 is 0 Å². The van der Waals surface area contributed by atoms with Crippen LogP contribution in [0.15, 0.2) is 23.0 Å². The minimum atomic E-state index is -0.0196. The van der Waals surface area contributed by atoms with Gasteiger partial charge in [0.2, 0.25) is 0 Å². The summed E-state index contributed by atoms with van der Waals surface area (Å²) in [6.45, 7) is 6.49. The summed E-state index contributed by atoms with van der Waals surface area (Å²) in [6, 6.07) is 6.54. The van der Waals surface area contributed by atoms with Crippen LogP contribution < -0.4 is 10.4 Å². The Morgan fingerprint density at radius 2 is 2.19 bits per heavy atom. The maximum atomic E-state index is 12.4. The van der Waals surface area contributed by atoms with Crippen molar-refractivity contribution >= 4 is 11.0 Å². The summed E-state index contributed by atoms with van der Waals surface area (Å²) in [5.74, 6) is 0.767. The third kappa shape index (κ3) is 2.58. The number of nitrogens with zero attached hydrogens (tertiary/aromatic N) is 2. The number of likely N-dealkylation sites (tertiary alicyclic amines) is 1. The van der Waals surface area contributed by atoms with Crippen LogP contribution in [0.5, 0.6) is 5.75 Å². The van der Waals surface area contributed by atoms with Gasteiger partial charge in [-0.1, -0.05) is 0 Å². The molecule has 2 aromatic rings. The van der Waals surface area contributed by atoms with Gasteiger partial charge in [0.1, 0.15) is 5.75 Å². The van der Waals surface area contributed by atoms with Crippen molar-refractivity contribution in [1.82, 2.24) is 14.5 Å². The van der Waals surface area contributed by atoms with Crippen molar-refractivity contribution in [3.63, 3.8) is 0 Å². The Kier molecular flexibility index (Phi) is 3.76. The van der Waals surface area contributed by atoms with Crippen LogP contribution in [0.4, 0.5) is 0 Å². The standard InChI is InChI=1S/C16H23N3O2/c1-11(2)18-8-4-5-12(10-18)19-15-7-6-13(21-3)9-14(15)17-16(19)20/h6-7,9,11-12H,4-5,8,10H2,1-3H3,(H,17,20). The number of aromatic amines is 1. The Bertz CT molecular complexity index is 686. The molecule has 1 aromatic heterocycles. The lowest BCUT2D eigenvalue weighted by atomic mass is 10.0. The number of piperidine rings is 1. The summed E-state index contributed by atoms with van der Waals surface area (Å²) in [7, 11) is 1.64. The number of rotatable bonds is 3. The van der Waals surface area contributed by atoms with Crippen molar-refractivity contribution < 1.29 is 4.74 Å². The average Bonchev–Trinajstić information content (AvgIpc) is 2.82. The monoisotopic (exact) mass is 289 g/mol. The summed E-state index contributed by atoms with van der Waals surface area (Å²) < 4.78 is 7.15. The fourth-order valence-corrected chi connectivity index (χ4v) is 3.26. The van der Waals surface area contributed by atoms with Gasteiger partial charge in [0.25, 0.3) is 0 Å². The van der Waals surface area contributed by atoms with Crippen molar-refractivity contribution in [1.29, 1.82) is 0 Å². The number of H-pyrrole nitrogens is 1. The van der Waals surface area contributed by atoms with Gasteiger partial charge in [-0.15, -0.1) is 0 Å². The number of hydrogen-bond donors (Lipinski definition) is 1. The molecule has 0 radical (unpaired) electrons. The molecule has 0 saturated carbocycles. The van der Waals surface area contributed by atoms with Gasteiger partial charge in [-0.3, -0.25) is 9.47 Å². The Labute approximate surface area is 124 Å². The van der Waals surface area contributed by atoms with Crippen molar-refractivity contribution in [3.8, 4) is 5.75 Å². The molecule has 3 rings (SSSR count). The molecule has 1 saturated heterocycles. The van der Waals surface area contributed by atoms with Crippen LogP contribution in [-0.4, -0.2) is 40.7 Å². The van der Waals surface area contributed by atoms with Crippen LogP contribution in [0, 0.1) is 0 Å². The molecule has 0 aliphatic carbocycles. The highest BCUT2D eigenvalue weighted by atomic mass is 16.5. The van der Waals surface area contributed by atoms with Gasteiger partial charge in [0, 0.05) is 18.7 Å². The summed E-state index contributed by atoms with van der Waals surface area (Å²) in [4.78, 5) is 17.8. The number of hydrogen-bond acceptors (Lipinski definition) is 3. The van der Waals surface area contributed by atoms with Crippen molar-refractivity contribution in [3.05, 3.63) is 28.7 Å². The normalized spacial score (nSPS) is 20.3. The molecule has 114 valence electrons. The zero-order valence-corrected chi connectivity index (χ0v) is 12.9. The van der Waals surface area contributed by atoms with E-state index in [9.17, 15) is 4.79 Å². The van der Waals surface area contributed by atoms with Crippen LogP contribution in [0.2, 0.25) is 0 Å². The zero-order valence-electron chi connectivity index (χ0n) is 12.9. The number of ether oxygens (including phenoxy) is 1.